The number of rotatable bonds is 7. The van der Waals surface area contributed by atoms with Gasteiger partial charge in [0.1, 0.15) is 6.10 Å². The summed E-state index contributed by atoms with van der Waals surface area (Å²) < 4.78 is 12.4. The molecule has 4 nitrogen and oxygen atoms in total. The molecule has 1 aliphatic rings. The first-order valence-electron chi connectivity index (χ1n) is 10.3. The normalized spacial score (nSPS) is 22.0. The van der Waals surface area contributed by atoms with Crippen molar-refractivity contribution in [2.75, 3.05) is 13.2 Å². The van der Waals surface area contributed by atoms with Crippen LogP contribution in [0.1, 0.15) is 34.1 Å². The maximum atomic E-state index is 11.5. The predicted octanol–water partition coefficient (Wildman–Crippen LogP) is 3.12. The van der Waals surface area contributed by atoms with Gasteiger partial charge in [0, 0.05) is 26.1 Å². The van der Waals surface area contributed by atoms with Crippen molar-refractivity contribution in [2.45, 2.75) is 45.3 Å². The molecular formula is C24H32O4Si. The predicted molar refractivity (Wildman–Crippen MR) is 118 cm³/mol. The summed E-state index contributed by atoms with van der Waals surface area (Å²) in [5.74, 6) is -0.148. The SMILES string of the molecule is CC(=O)O[C@@H]1C[C@@H](CO)[C@H]1CO[Si](c1ccccc1)(c1ccccc1)C(C)(C)C. The summed E-state index contributed by atoms with van der Waals surface area (Å²) in [4.78, 5) is 11.5. The third-order valence-corrected chi connectivity index (χ3v) is 11.1. The molecule has 0 aliphatic heterocycles. The van der Waals surface area contributed by atoms with Crippen molar-refractivity contribution in [3.05, 3.63) is 60.7 Å². The molecule has 1 N–H and O–H groups in total. The number of ether oxygens (including phenoxy) is 1. The Bertz CT molecular complexity index is 761. The number of aliphatic hydroxyl groups excluding tert-OH is 1. The van der Waals surface area contributed by atoms with Crippen molar-refractivity contribution >= 4 is 24.7 Å². The molecule has 0 radical (unpaired) electrons. The van der Waals surface area contributed by atoms with Gasteiger partial charge in [0.2, 0.25) is 0 Å². The molecule has 0 saturated heterocycles. The van der Waals surface area contributed by atoms with Crippen LogP contribution in [-0.2, 0) is 14.0 Å². The fraction of sp³-hybridized carbons (Fsp3) is 0.458. The number of aliphatic hydroxyl groups is 1. The summed E-state index contributed by atoms with van der Waals surface area (Å²) in [5, 5.41) is 12.1. The number of esters is 1. The molecule has 1 aliphatic carbocycles. The minimum atomic E-state index is -2.63. The van der Waals surface area contributed by atoms with Crippen LogP contribution in [0.25, 0.3) is 0 Å². The monoisotopic (exact) mass is 412 g/mol. The molecule has 1 fully saturated rings. The van der Waals surface area contributed by atoms with Crippen molar-refractivity contribution in [2.24, 2.45) is 11.8 Å². The molecule has 5 heteroatoms. The maximum absolute atomic E-state index is 11.5. The Morgan fingerprint density at radius 2 is 1.55 bits per heavy atom. The number of hydrogen-bond acceptors (Lipinski definition) is 4. The van der Waals surface area contributed by atoms with E-state index in [2.05, 4.69) is 69.3 Å². The van der Waals surface area contributed by atoms with Crippen molar-refractivity contribution < 1.29 is 19.1 Å². The second kappa shape index (κ2) is 8.82. The van der Waals surface area contributed by atoms with Crippen molar-refractivity contribution in [1.82, 2.24) is 0 Å². The van der Waals surface area contributed by atoms with E-state index in [9.17, 15) is 9.90 Å². The zero-order valence-corrected chi connectivity index (χ0v) is 18.8. The second-order valence-corrected chi connectivity index (χ2v) is 13.3. The highest BCUT2D eigenvalue weighted by Crippen LogP contribution is 2.41. The van der Waals surface area contributed by atoms with Gasteiger partial charge in [-0.05, 0) is 27.8 Å². The van der Waals surface area contributed by atoms with Crippen LogP contribution in [0, 0.1) is 11.8 Å². The van der Waals surface area contributed by atoms with Gasteiger partial charge >= 0.3 is 5.97 Å². The molecule has 3 rings (SSSR count). The van der Waals surface area contributed by atoms with Crippen LogP contribution in [0.2, 0.25) is 5.04 Å². The third-order valence-electron chi connectivity index (χ3n) is 6.08. The van der Waals surface area contributed by atoms with Gasteiger partial charge in [-0.25, -0.2) is 0 Å². The third kappa shape index (κ3) is 4.32. The first-order chi connectivity index (χ1) is 13.8. The van der Waals surface area contributed by atoms with Crippen LogP contribution in [0.5, 0.6) is 0 Å². The van der Waals surface area contributed by atoms with Gasteiger partial charge in [0.05, 0.1) is 0 Å². The van der Waals surface area contributed by atoms with Crippen molar-refractivity contribution in [3.63, 3.8) is 0 Å². The van der Waals surface area contributed by atoms with Gasteiger partial charge in [-0.1, -0.05) is 81.4 Å². The fourth-order valence-corrected chi connectivity index (χ4v) is 9.14. The smallest absolute Gasteiger partial charge is 0.302 e. The highest BCUT2D eigenvalue weighted by Gasteiger charge is 2.52. The standard InChI is InChI=1S/C24H32O4Si/c1-18(26)28-23-15-19(16-25)22(23)17-27-29(24(2,3)4,20-11-7-5-8-12-20)21-13-9-6-10-14-21/h5-14,19,22-23,25H,15-17H2,1-4H3/t19-,22+,23+/m0/s1. The highest BCUT2D eigenvalue weighted by molar-refractivity contribution is 6.99. The molecule has 0 aromatic heterocycles. The summed E-state index contributed by atoms with van der Waals surface area (Å²) in [6.45, 7) is 8.72. The Hall–Kier alpha value is -1.95. The van der Waals surface area contributed by atoms with Crippen LogP contribution in [-0.4, -0.2) is 38.7 Å². The van der Waals surface area contributed by atoms with Gasteiger partial charge in [0.25, 0.3) is 8.32 Å². The number of carbonyl (C=O) groups is 1. The molecule has 1 saturated carbocycles. The fourth-order valence-electron chi connectivity index (χ4n) is 4.54. The van der Waals surface area contributed by atoms with E-state index in [0.29, 0.717) is 13.0 Å². The summed E-state index contributed by atoms with van der Waals surface area (Å²) >= 11 is 0. The van der Waals surface area contributed by atoms with E-state index in [1.54, 1.807) is 0 Å². The van der Waals surface area contributed by atoms with Gasteiger partial charge in [0.15, 0.2) is 0 Å². The first-order valence-corrected chi connectivity index (χ1v) is 12.2. The van der Waals surface area contributed by atoms with Crippen LogP contribution in [0.15, 0.2) is 60.7 Å². The Morgan fingerprint density at radius 3 is 1.97 bits per heavy atom. The van der Waals surface area contributed by atoms with E-state index in [1.807, 2.05) is 12.1 Å². The molecule has 2 aromatic carbocycles. The number of benzene rings is 2. The summed E-state index contributed by atoms with van der Waals surface area (Å²) in [6, 6.07) is 21.0. The highest BCUT2D eigenvalue weighted by atomic mass is 28.4. The molecule has 156 valence electrons. The molecule has 0 heterocycles. The van der Waals surface area contributed by atoms with Gasteiger partial charge in [-0.15, -0.1) is 0 Å². The summed E-state index contributed by atoms with van der Waals surface area (Å²) in [5.41, 5.74) is 0. The number of hydrogen-bond donors (Lipinski definition) is 1. The van der Waals surface area contributed by atoms with Crippen LogP contribution >= 0.6 is 0 Å². The van der Waals surface area contributed by atoms with Crippen LogP contribution in [0.4, 0.5) is 0 Å². The van der Waals surface area contributed by atoms with E-state index in [1.165, 1.54) is 17.3 Å². The summed E-state index contributed by atoms with van der Waals surface area (Å²) in [7, 11) is -2.63. The number of carbonyl (C=O) groups excluding carboxylic acids is 1. The molecule has 0 unspecified atom stereocenters. The zero-order chi connectivity index (χ0) is 21.1. The Kier molecular flexibility index (Phi) is 6.61. The lowest BCUT2D eigenvalue weighted by Gasteiger charge is -2.47. The molecule has 2 aromatic rings. The van der Waals surface area contributed by atoms with Crippen LogP contribution < -0.4 is 10.4 Å². The minimum Gasteiger partial charge on any atom is -0.462 e. The molecular weight excluding hydrogens is 380 g/mol. The lowest BCUT2D eigenvalue weighted by molar-refractivity contribution is -0.165. The topological polar surface area (TPSA) is 55.8 Å². The van der Waals surface area contributed by atoms with E-state index in [4.69, 9.17) is 9.16 Å². The quantitative estimate of drug-likeness (QED) is 0.561. The molecule has 0 amide bonds. The molecule has 29 heavy (non-hydrogen) atoms. The average Bonchev–Trinajstić information content (AvgIpc) is 2.68. The van der Waals surface area contributed by atoms with E-state index < -0.39 is 8.32 Å². The van der Waals surface area contributed by atoms with E-state index in [0.717, 1.165) is 0 Å². The first kappa shape index (κ1) is 21.7. The lowest BCUT2D eigenvalue weighted by Crippen LogP contribution is -2.67. The van der Waals surface area contributed by atoms with Crippen LogP contribution in [0.3, 0.4) is 0 Å². The Balaban J connectivity index is 1.99. The largest absolute Gasteiger partial charge is 0.462 e. The van der Waals surface area contributed by atoms with E-state index in [-0.39, 0.29) is 35.6 Å². The molecule has 3 atom stereocenters. The molecule has 0 bridgehead atoms. The lowest BCUT2D eigenvalue weighted by atomic mass is 9.72. The second-order valence-electron chi connectivity index (χ2n) is 8.96. The average molecular weight is 413 g/mol. The van der Waals surface area contributed by atoms with Gasteiger partial charge in [-0.2, -0.15) is 0 Å². The van der Waals surface area contributed by atoms with Gasteiger partial charge < -0.3 is 14.3 Å². The zero-order valence-electron chi connectivity index (χ0n) is 17.8. The Labute approximate surface area is 175 Å². The Morgan fingerprint density at radius 1 is 1.03 bits per heavy atom. The van der Waals surface area contributed by atoms with E-state index >= 15 is 0 Å². The van der Waals surface area contributed by atoms with Gasteiger partial charge in [-0.3, -0.25) is 4.79 Å². The van der Waals surface area contributed by atoms with Crippen molar-refractivity contribution in [3.8, 4) is 0 Å². The molecule has 0 spiro atoms. The van der Waals surface area contributed by atoms with Crippen molar-refractivity contribution in [1.29, 1.82) is 0 Å². The summed E-state index contributed by atoms with van der Waals surface area (Å²) in [6.07, 6.45) is 0.521. The maximum Gasteiger partial charge on any atom is 0.302 e. The minimum absolute atomic E-state index is 0.0190.